The molecule has 3 fully saturated rings. The molecular weight excluding hydrogens is 374 g/mol. The molecule has 3 heterocycles. The molecule has 2 unspecified atom stereocenters. The van der Waals surface area contributed by atoms with Crippen LogP contribution in [0.4, 0.5) is 0 Å². The first-order valence-corrected chi connectivity index (χ1v) is 11.1. The Morgan fingerprint density at radius 3 is 2.30 bits per heavy atom. The highest BCUT2D eigenvalue weighted by molar-refractivity contribution is 5.79. The highest BCUT2D eigenvalue weighted by Crippen LogP contribution is 2.39. The average molecular weight is 406 g/mol. The predicted octanol–water partition coefficient (Wildman–Crippen LogP) is 1.80. The van der Waals surface area contributed by atoms with Crippen LogP contribution in [0, 0.1) is 0 Å². The molecule has 2 aromatic carbocycles. The highest BCUT2D eigenvalue weighted by atomic mass is 16.3. The number of likely N-dealkylation sites (tertiary alicyclic amines) is 1. The molecule has 5 rings (SSSR count). The summed E-state index contributed by atoms with van der Waals surface area (Å²) in [4.78, 5) is 20.2. The maximum atomic E-state index is 13.1. The largest absolute Gasteiger partial charge is 0.392 e. The van der Waals surface area contributed by atoms with Crippen LogP contribution < -0.4 is 0 Å². The van der Waals surface area contributed by atoms with Crippen molar-refractivity contribution in [3.63, 3.8) is 0 Å². The second kappa shape index (κ2) is 8.14. The Bertz CT molecular complexity index is 866. The van der Waals surface area contributed by atoms with Gasteiger partial charge in [-0.2, -0.15) is 0 Å². The zero-order chi connectivity index (χ0) is 20.6. The van der Waals surface area contributed by atoms with Crippen LogP contribution in [0.25, 0.3) is 0 Å². The van der Waals surface area contributed by atoms with Crippen LogP contribution in [0.5, 0.6) is 0 Å². The first-order chi connectivity index (χ1) is 14.6. The lowest BCUT2D eigenvalue weighted by molar-refractivity contribution is -0.149. The minimum atomic E-state index is -0.269. The van der Waals surface area contributed by atoms with Crippen molar-refractivity contribution in [2.45, 2.75) is 36.9 Å². The van der Waals surface area contributed by atoms with Crippen molar-refractivity contribution >= 4 is 5.91 Å². The fourth-order valence-corrected chi connectivity index (χ4v) is 5.64. The number of fused-ring (bicyclic) bond motifs is 2. The topological polar surface area (TPSA) is 47.0 Å². The second-order valence-corrected chi connectivity index (χ2v) is 9.30. The van der Waals surface area contributed by atoms with Gasteiger partial charge in [-0.3, -0.25) is 14.6 Å². The monoisotopic (exact) mass is 405 g/mol. The van der Waals surface area contributed by atoms with Gasteiger partial charge in [-0.25, -0.2) is 0 Å². The van der Waals surface area contributed by atoms with Gasteiger partial charge >= 0.3 is 0 Å². The van der Waals surface area contributed by atoms with Gasteiger partial charge in [0.15, 0.2) is 0 Å². The molecule has 3 saturated heterocycles. The van der Waals surface area contributed by atoms with E-state index in [0.29, 0.717) is 6.42 Å². The number of hydrogen-bond acceptors (Lipinski definition) is 4. The molecule has 0 radical (unpaired) electrons. The zero-order valence-electron chi connectivity index (χ0n) is 17.5. The predicted molar refractivity (Wildman–Crippen MR) is 117 cm³/mol. The van der Waals surface area contributed by atoms with Crippen LogP contribution in [0.1, 0.15) is 17.5 Å². The molecule has 158 valence electrons. The zero-order valence-corrected chi connectivity index (χ0v) is 17.5. The molecule has 1 amide bonds. The molecule has 0 bridgehead atoms. The summed E-state index contributed by atoms with van der Waals surface area (Å²) in [6, 6.07) is 20.9. The normalized spacial score (nSPS) is 25.8. The Morgan fingerprint density at radius 2 is 1.60 bits per heavy atom. The molecule has 2 aromatic rings. The molecule has 30 heavy (non-hydrogen) atoms. The van der Waals surface area contributed by atoms with Gasteiger partial charge in [0.2, 0.25) is 5.91 Å². The lowest BCUT2D eigenvalue weighted by Crippen LogP contribution is -2.78. The molecule has 3 aliphatic rings. The summed E-state index contributed by atoms with van der Waals surface area (Å²) in [5.41, 5.74) is 2.45. The van der Waals surface area contributed by atoms with E-state index >= 15 is 0 Å². The summed E-state index contributed by atoms with van der Waals surface area (Å²) < 4.78 is 0. The lowest BCUT2D eigenvalue weighted by atomic mass is 9.83. The van der Waals surface area contributed by atoms with Crippen molar-refractivity contribution < 1.29 is 9.90 Å². The molecular formula is C25H31N3O2. The lowest BCUT2D eigenvalue weighted by Gasteiger charge is -2.61. The minimum Gasteiger partial charge on any atom is -0.392 e. The number of amides is 1. The summed E-state index contributed by atoms with van der Waals surface area (Å²) in [6.45, 7) is 5.29. The van der Waals surface area contributed by atoms with Gasteiger partial charge in [-0.05, 0) is 24.0 Å². The van der Waals surface area contributed by atoms with Gasteiger partial charge in [-0.15, -0.1) is 0 Å². The minimum absolute atomic E-state index is 0.00341. The van der Waals surface area contributed by atoms with Gasteiger partial charge in [0.25, 0.3) is 0 Å². The Kier molecular flexibility index (Phi) is 5.35. The van der Waals surface area contributed by atoms with Crippen LogP contribution in [0.2, 0.25) is 0 Å². The van der Waals surface area contributed by atoms with Gasteiger partial charge < -0.3 is 10.0 Å². The Labute approximate surface area is 178 Å². The van der Waals surface area contributed by atoms with Crippen LogP contribution in [0.15, 0.2) is 60.7 Å². The van der Waals surface area contributed by atoms with Crippen molar-refractivity contribution in [2.75, 3.05) is 39.3 Å². The molecule has 5 heteroatoms. The Balaban J connectivity index is 1.25. The van der Waals surface area contributed by atoms with Crippen molar-refractivity contribution in [1.29, 1.82) is 0 Å². The number of aliphatic hydroxyl groups is 1. The molecule has 2 atom stereocenters. The fraction of sp³-hybridized carbons (Fsp3) is 0.480. The van der Waals surface area contributed by atoms with Crippen LogP contribution in [0.3, 0.4) is 0 Å². The Morgan fingerprint density at radius 1 is 0.933 bits per heavy atom. The third-order valence-electron chi connectivity index (χ3n) is 7.06. The maximum Gasteiger partial charge on any atom is 0.227 e. The first kappa shape index (κ1) is 19.7. The molecule has 1 spiro atoms. The van der Waals surface area contributed by atoms with E-state index in [1.165, 1.54) is 5.56 Å². The van der Waals surface area contributed by atoms with E-state index in [-0.39, 0.29) is 23.6 Å². The summed E-state index contributed by atoms with van der Waals surface area (Å²) in [5.74, 6) is 0.212. The van der Waals surface area contributed by atoms with E-state index in [9.17, 15) is 9.90 Å². The van der Waals surface area contributed by atoms with E-state index in [1.807, 2.05) is 30.3 Å². The summed E-state index contributed by atoms with van der Waals surface area (Å²) >= 11 is 0. The first-order valence-electron chi connectivity index (χ1n) is 11.1. The van der Waals surface area contributed by atoms with E-state index in [1.54, 1.807) is 0 Å². The number of β-amino-alcohol motifs (C(OH)–C–C–N with tert-alkyl or cyclic N) is 1. The van der Waals surface area contributed by atoms with E-state index in [4.69, 9.17) is 0 Å². The number of hydrogen-bond donors (Lipinski definition) is 1. The van der Waals surface area contributed by atoms with Crippen LogP contribution in [-0.4, -0.2) is 82.7 Å². The SMILES string of the molecule is O=C(Cc1ccccc1)N1CC2CC(O)CN2C2(CN(CCc3ccccc3)C2)C1. The van der Waals surface area contributed by atoms with Crippen molar-refractivity contribution in [1.82, 2.24) is 14.7 Å². The number of nitrogens with zero attached hydrogens (tertiary/aromatic N) is 3. The van der Waals surface area contributed by atoms with Crippen molar-refractivity contribution in [2.24, 2.45) is 0 Å². The fourth-order valence-electron chi connectivity index (χ4n) is 5.64. The summed E-state index contributed by atoms with van der Waals surface area (Å²) in [7, 11) is 0. The van der Waals surface area contributed by atoms with Crippen LogP contribution >= 0.6 is 0 Å². The van der Waals surface area contributed by atoms with E-state index < -0.39 is 0 Å². The molecule has 0 aliphatic carbocycles. The van der Waals surface area contributed by atoms with Crippen molar-refractivity contribution in [3.05, 3.63) is 71.8 Å². The van der Waals surface area contributed by atoms with Gasteiger partial charge in [0.05, 0.1) is 18.1 Å². The molecule has 0 saturated carbocycles. The molecule has 1 N–H and O–H groups in total. The number of rotatable bonds is 5. The molecule has 0 aromatic heterocycles. The van der Waals surface area contributed by atoms with Gasteiger partial charge in [0.1, 0.15) is 0 Å². The number of benzene rings is 2. The van der Waals surface area contributed by atoms with Gasteiger partial charge in [-0.1, -0.05) is 60.7 Å². The quantitative estimate of drug-likeness (QED) is 0.824. The molecule has 3 aliphatic heterocycles. The highest BCUT2D eigenvalue weighted by Gasteiger charge is 2.56. The average Bonchev–Trinajstić information content (AvgIpc) is 3.12. The van der Waals surface area contributed by atoms with Gasteiger partial charge in [0, 0.05) is 45.3 Å². The second-order valence-electron chi connectivity index (χ2n) is 9.30. The number of piperazine rings is 1. The van der Waals surface area contributed by atoms with Crippen molar-refractivity contribution in [3.8, 4) is 0 Å². The molecule has 5 nitrogen and oxygen atoms in total. The third kappa shape index (κ3) is 3.89. The third-order valence-corrected chi connectivity index (χ3v) is 7.06. The standard InChI is InChI=1S/C25H31N3O2/c29-23-14-22-15-27(24(30)13-21-9-5-2-6-10-21)19-25(28(22)16-23)17-26(18-25)12-11-20-7-3-1-4-8-20/h1-10,22-23,29H,11-19H2. The van der Waals surface area contributed by atoms with E-state index in [0.717, 1.165) is 57.7 Å². The summed E-state index contributed by atoms with van der Waals surface area (Å²) in [5, 5.41) is 10.3. The Hall–Kier alpha value is -2.21. The van der Waals surface area contributed by atoms with Crippen LogP contribution in [-0.2, 0) is 17.6 Å². The maximum absolute atomic E-state index is 13.1. The number of aliphatic hydroxyl groups excluding tert-OH is 1. The number of carbonyl (C=O) groups is 1. The number of carbonyl (C=O) groups excluding carboxylic acids is 1. The smallest absolute Gasteiger partial charge is 0.227 e. The van der Waals surface area contributed by atoms with E-state index in [2.05, 4.69) is 45.0 Å². The summed E-state index contributed by atoms with van der Waals surface area (Å²) in [6.07, 6.45) is 2.03.